The molecule has 1 aliphatic carbocycles. The van der Waals surface area contributed by atoms with E-state index in [0.717, 1.165) is 31.6 Å². The summed E-state index contributed by atoms with van der Waals surface area (Å²) in [5.41, 5.74) is 0.969. The van der Waals surface area contributed by atoms with E-state index in [4.69, 9.17) is 0 Å². The lowest BCUT2D eigenvalue weighted by Crippen LogP contribution is -2.58. The molecule has 1 aliphatic heterocycles. The zero-order valence-electron chi connectivity index (χ0n) is 12.1. The molecule has 5 heteroatoms. The van der Waals surface area contributed by atoms with E-state index >= 15 is 0 Å². The molecule has 1 atom stereocenters. The molecule has 1 unspecified atom stereocenters. The number of anilines is 1. The Balaban J connectivity index is 1.59. The second-order valence-corrected chi connectivity index (χ2v) is 5.92. The first kappa shape index (κ1) is 14.3. The van der Waals surface area contributed by atoms with Crippen LogP contribution < -0.4 is 15.5 Å². The number of rotatable bonds is 3. The van der Waals surface area contributed by atoms with E-state index < -0.39 is 0 Å². The minimum absolute atomic E-state index is 0.0914. The van der Waals surface area contributed by atoms with E-state index in [-0.39, 0.29) is 17.8 Å². The van der Waals surface area contributed by atoms with Crippen LogP contribution in [0.3, 0.4) is 0 Å². The largest absolute Gasteiger partial charge is 0.368 e. The molecule has 114 valence electrons. The summed E-state index contributed by atoms with van der Waals surface area (Å²) in [6.45, 7) is 2.23. The predicted octanol–water partition coefficient (Wildman–Crippen LogP) is 1.66. The van der Waals surface area contributed by atoms with Crippen molar-refractivity contribution in [1.82, 2.24) is 10.6 Å². The Morgan fingerprint density at radius 1 is 1.24 bits per heavy atom. The first-order valence-corrected chi connectivity index (χ1v) is 7.76. The van der Waals surface area contributed by atoms with Crippen molar-refractivity contribution < 1.29 is 9.18 Å². The number of nitrogens with zero attached hydrogens (tertiary/aromatic N) is 1. The maximum atomic E-state index is 13.0. The molecule has 0 radical (unpaired) electrons. The average Bonchev–Trinajstić information content (AvgIpc) is 3.01. The third-order valence-corrected chi connectivity index (χ3v) is 4.39. The minimum Gasteiger partial charge on any atom is -0.368 e. The summed E-state index contributed by atoms with van der Waals surface area (Å²) in [7, 11) is 0. The molecule has 0 bridgehead atoms. The molecule has 1 aromatic rings. The number of nitrogens with one attached hydrogen (secondary N) is 2. The Morgan fingerprint density at radius 3 is 2.67 bits per heavy atom. The second-order valence-electron chi connectivity index (χ2n) is 5.92. The molecule has 21 heavy (non-hydrogen) atoms. The van der Waals surface area contributed by atoms with E-state index in [9.17, 15) is 9.18 Å². The van der Waals surface area contributed by atoms with Gasteiger partial charge in [-0.1, -0.05) is 12.8 Å². The Kier molecular flexibility index (Phi) is 4.39. The van der Waals surface area contributed by atoms with Crippen LogP contribution in [0, 0.1) is 5.82 Å². The average molecular weight is 291 g/mol. The predicted molar refractivity (Wildman–Crippen MR) is 80.8 cm³/mol. The van der Waals surface area contributed by atoms with Crippen molar-refractivity contribution in [2.45, 2.75) is 37.8 Å². The number of benzene rings is 1. The molecule has 4 nitrogen and oxygen atoms in total. The topological polar surface area (TPSA) is 44.4 Å². The van der Waals surface area contributed by atoms with Gasteiger partial charge < -0.3 is 15.5 Å². The highest BCUT2D eigenvalue weighted by atomic mass is 19.1. The molecular formula is C16H22FN3O. The van der Waals surface area contributed by atoms with Gasteiger partial charge in [-0.05, 0) is 37.1 Å². The molecule has 1 amide bonds. The number of carbonyl (C=O) groups excluding carboxylic acids is 1. The molecule has 1 heterocycles. The van der Waals surface area contributed by atoms with Crippen LogP contribution in [0.5, 0.6) is 0 Å². The Labute approximate surface area is 124 Å². The summed E-state index contributed by atoms with van der Waals surface area (Å²) in [4.78, 5) is 14.5. The van der Waals surface area contributed by atoms with Gasteiger partial charge in [0, 0.05) is 31.4 Å². The van der Waals surface area contributed by atoms with Crippen LogP contribution in [0.25, 0.3) is 0 Å². The molecule has 2 N–H and O–H groups in total. The third-order valence-electron chi connectivity index (χ3n) is 4.39. The highest BCUT2D eigenvalue weighted by Gasteiger charge is 2.27. The number of halogens is 1. The number of hydrogen-bond donors (Lipinski definition) is 2. The highest BCUT2D eigenvalue weighted by Crippen LogP contribution is 2.19. The van der Waals surface area contributed by atoms with Crippen LogP contribution in [0.1, 0.15) is 25.7 Å². The molecule has 2 aliphatic rings. The van der Waals surface area contributed by atoms with Gasteiger partial charge in [-0.2, -0.15) is 0 Å². The van der Waals surface area contributed by atoms with Crippen molar-refractivity contribution in [1.29, 1.82) is 0 Å². The lowest BCUT2D eigenvalue weighted by atomic mass is 10.1. The SMILES string of the molecule is O=C(NC1CCCC1)C1CN(c2ccc(F)cc2)CCN1. The van der Waals surface area contributed by atoms with Gasteiger partial charge in [-0.15, -0.1) is 0 Å². The van der Waals surface area contributed by atoms with Gasteiger partial charge in [-0.3, -0.25) is 4.79 Å². The van der Waals surface area contributed by atoms with Crippen molar-refractivity contribution in [3.05, 3.63) is 30.1 Å². The Bertz CT molecular complexity index is 485. The molecule has 3 rings (SSSR count). The maximum Gasteiger partial charge on any atom is 0.239 e. The molecule has 0 aromatic heterocycles. The van der Waals surface area contributed by atoms with Gasteiger partial charge in [0.15, 0.2) is 0 Å². The highest BCUT2D eigenvalue weighted by molar-refractivity contribution is 5.83. The zero-order valence-corrected chi connectivity index (χ0v) is 12.1. The van der Waals surface area contributed by atoms with Gasteiger partial charge in [0.05, 0.1) is 0 Å². The number of amides is 1. The van der Waals surface area contributed by atoms with Gasteiger partial charge in [-0.25, -0.2) is 4.39 Å². The van der Waals surface area contributed by atoms with Crippen molar-refractivity contribution in [2.75, 3.05) is 24.5 Å². The van der Waals surface area contributed by atoms with Crippen LogP contribution >= 0.6 is 0 Å². The van der Waals surface area contributed by atoms with E-state index in [0.29, 0.717) is 12.6 Å². The Hall–Kier alpha value is -1.62. The lowest BCUT2D eigenvalue weighted by molar-refractivity contribution is -0.123. The summed E-state index contributed by atoms with van der Waals surface area (Å²) in [6, 6.07) is 6.62. The molecule has 2 fully saturated rings. The van der Waals surface area contributed by atoms with Crippen molar-refractivity contribution in [2.24, 2.45) is 0 Å². The summed E-state index contributed by atoms with van der Waals surface area (Å²) >= 11 is 0. The Morgan fingerprint density at radius 2 is 1.95 bits per heavy atom. The van der Waals surface area contributed by atoms with E-state index in [2.05, 4.69) is 15.5 Å². The summed E-state index contributed by atoms with van der Waals surface area (Å²) in [5.74, 6) is -0.141. The van der Waals surface area contributed by atoms with Crippen LogP contribution in [0.2, 0.25) is 0 Å². The van der Waals surface area contributed by atoms with Crippen LogP contribution in [-0.4, -0.2) is 37.6 Å². The van der Waals surface area contributed by atoms with Gasteiger partial charge >= 0.3 is 0 Å². The van der Waals surface area contributed by atoms with Gasteiger partial charge in [0.2, 0.25) is 5.91 Å². The molecule has 0 spiro atoms. The van der Waals surface area contributed by atoms with Crippen LogP contribution in [0.15, 0.2) is 24.3 Å². The number of carbonyl (C=O) groups is 1. The fraction of sp³-hybridized carbons (Fsp3) is 0.562. The monoisotopic (exact) mass is 291 g/mol. The molecule has 1 saturated carbocycles. The lowest BCUT2D eigenvalue weighted by Gasteiger charge is -2.35. The third kappa shape index (κ3) is 3.53. The standard InChI is InChI=1S/C16H22FN3O/c17-12-5-7-14(8-6-12)20-10-9-18-15(11-20)16(21)19-13-3-1-2-4-13/h5-8,13,15,18H,1-4,9-11H2,(H,19,21). The molecular weight excluding hydrogens is 269 g/mol. The molecule has 1 saturated heterocycles. The summed E-state index contributed by atoms with van der Waals surface area (Å²) in [5, 5.41) is 6.42. The quantitative estimate of drug-likeness (QED) is 0.890. The normalized spacial score (nSPS) is 23.3. The van der Waals surface area contributed by atoms with Crippen molar-refractivity contribution >= 4 is 11.6 Å². The zero-order chi connectivity index (χ0) is 14.7. The van der Waals surface area contributed by atoms with Gasteiger partial charge in [0.1, 0.15) is 11.9 Å². The molecule has 1 aromatic carbocycles. The van der Waals surface area contributed by atoms with E-state index in [1.165, 1.54) is 25.0 Å². The summed E-state index contributed by atoms with van der Waals surface area (Å²) < 4.78 is 13.0. The van der Waals surface area contributed by atoms with E-state index in [1.807, 2.05) is 0 Å². The first-order valence-electron chi connectivity index (χ1n) is 7.76. The minimum atomic E-state index is -0.232. The smallest absolute Gasteiger partial charge is 0.239 e. The maximum absolute atomic E-state index is 13.0. The van der Waals surface area contributed by atoms with Crippen LogP contribution in [-0.2, 0) is 4.79 Å². The van der Waals surface area contributed by atoms with Crippen LogP contribution in [0.4, 0.5) is 10.1 Å². The van der Waals surface area contributed by atoms with Crippen molar-refractivity contribution in [3.63, 3.8) is 0 Å². The fourth-order valence-electron chi connectivity index (χ4n) is 3.18. The summed E-state index contributed by atoms with van der Waals surface area (Å²) in [6.07, 6.45) is 4.62. The van der Waals surface area contributed by atoms with Gasteiger partial charge in [0.25, 0.3) is 0 Å². The number of hydrogen-bond acceptors (Lipinski definition) is 3. The first-order chi connectivity index (χ1) is 10.2. The fourth-order valence-corrected chi connectivity index (χ4v) is 3.18. The second kappa shape index (κ2) is 6.43. The number of piperazine rings is 1. The van der Waals surface area contributed by atoms with Crippen molar-refractivity contribution in [3.8, 4) is 0 Å². The van der Waals surface area contributed by atoms with E-state index in [1.54, 1.807) is 12.1 Å².